The first-order chi connectivity index (χ1) is 8.96. The molecule has 1 fully saturated rings. The second-order valence-electron chi connectivity index (χ2n) is 6.39. The van der Waals surface area contributed by atoms with Crippen LogP contribution in [0.3, 0.4) is 0 Å². The maximum Gasteiger partial charge on any atom is 0.0369 e. The van der Waals surface area contributed by atoms with Crippen LogP contribution in [-0.4, -0.2) is 29.6 Å². The summed E-state index contributed by atoms with van der Waals surface area (Å²) in [7, 11) is 0. The van der Waals surface area contributed by atoms with Crippen LogP contribution in [0.5, 0.6) is 0 Å². The fourth-order valence-electron chi connectivity index (χ4n) is 2.28. The molecule has 1 N–H and O–H groups in total. The summed E-state index contributed by atoms with van der Waals surface area (Å²) in [5, 5.41) is 3.53. The fraction of sp³-hybridized carbons (Fsp3) is 0.625. The van der Waals surface area contributed by atoms with Crippen molar-refractivity contribution in [2.45, 2.75) is 45.8 Å². The lowest BCUT2D eigenvalue weighted by Gasteiger charge is -2.35. The number of nitrogens with one attached hydrogen (secondary N) is 1. The Balaban J connectivity index is 1.98. The molecule has 0 bridgehead atoms. The first-order valence-electron chi connectivity index (χ1n) is 7.14. The number of hydrogen-bond acceptors (Lipinski definition) is 3. The topological polar surface area (TPSA) is 15.3 Å². The second kappa shape index (κ2) is 6.19. The third kappa shape index (κ3) is 4.43. The quantitative estimate of drug-likeness (QED) is 0.911. The molecular formula is C16H26N2S. The van der Waals surface area contributed by atoms with E-state index in [-0.39, 0.29) is 5.54 Å². The highest BCUT2D eigenvalue weighted by Gasteiger charge is 2.18. The van der Waals surface area contributed by atoms with Crippen molar-refractivity contribution in [3.8, 4) is 0 Å². The van der Waals surface area contributed by atoms with E-state index in [0.29, 0.717) is 6.04 Å². The molecule has 0 spiro atoms. The van der Waals surface area contributed by atoms with Crippen LogP contribution in [0.15, 0.2) is 24.3 Å². The second-order valence-corrected chi connectivity index (χ2v) is 7.54. The van der Waals surface area contributed by atoms with Crippen LogP contribution in [0.25, 0.3) is 0 Å². The van der Waals surface area contributed by atoms with Crippen molar-refractivity contribution < 1.29 is 0 Å². The number of anilines is 1. The van der Waals surface area contributed by atoms with Crippen molar-refractivity contribution in [3.63, 3.8) is 0 Å². The van der Waals surface area contributed by atoms with Gasteiger partial charge in [0.2, 0.25) is 0 Å². The molecule has 1 aromatic rings. The highest BCUT2D eigenvalue weighted by Crippen LogP contribution is 2.24. The number of rotatable bonds is 3. The Morgan fingerprint density at radius 1 is 1.26 bits per heavy atom. The molecule has 19 heavy (non-hydrogen) atoms. The minimum atomic E-state index is 0.178. The number of nitrogens with zero attached hydrogens (tertiary/aromatic N) is 1. The van der Waals surface area contributed by atoms with E-state index in [1.165, 1.54) is 29.3 Å². The third-order valence-electron chi connectivity index (χ3n) is 3.46. The molecule has 0 amide bonds. The fourth-order valence-corrected chi connectivity index (χ4v) is 3.30. The number of hydrogen-bond donors (Lipinski definition) is 1. The average molecular weight is 278 g/mol. The molecule has 0 aromatic heterocycles. The first kappa shape index (κ1) is 14.7. The minimum absolute atomic E-state index is 0.178. The molecule has 0 saturated carbocycles. The van der Waals surface area contributed by atoms with E-state index < -0.39 is 0 Å². The lowest BCUT2D eigenvalue weighted by molar-refractivity contribution is 0.424. The third-order valence-corrected chi connectivity index (χ3v) is 4.65. The van der Waals surface area contributed by atoms with Gasteiger partial charge in [-0.25, -0.2) is 0 Å². The molecule has 2 rings (SSSR count). The van der Waals surface area contributed by atoms with E-state index in [0.717, 1.165) is 6.54 Å². The molecule has 1 aliphatic heterocycles. The first-order valence-corrected chi connectivity index (χ1v) is 8.29. The highest BCUT2D eigenvalue weighted by atomic mass is 32.2. The van der Waals surface area contributed by atoms with Crippen LogP contribution in [0, 0.1) is 0 Å². The molecule has 1 unspecified atom stereocenters. The van der Waals surface area contributed by atoms with Gasteiger partial charge < -0.3 is 10.2 Å². The highest BCUT2D eigenvalue weighted by molar-refractivity contribution is 7.99. The molecule has 1 aliphatic rings. The number of benzene rings is 1. The van der Waals surface area contributed by atoms with Gasteiger partial charge in [-0.3, -0.25) is 0 Å². The van der Waals surface area contributed by atoms with Crippen LogP contribution in [-0.2, 0) is 6.54 Å². The van der Waals surface area contributed by atoms with Gasteiger partial charge in [0.25, 0.3) is 0 Å². The van der Waals surface area contributed by atoms with Crippen LogP contribution >= 0.6 is 11.8 Å². The Kier molecular flexibility index (Phi) is 4.80. The summed E-state index contributed by atoms with van der Waals surface area (Å²) in [6.07, 6.45) is 0. The largest absolute Gasteiger partial charge is 0.367 e. The zero-order chi connectivity index (χ0) is 13.9. The molecule has 106 valence electrons. The zero-order valence-corrected chi connectivity index (χ0v) is 13.4. The Bertz CT molecular complexity index is 394. The smallest absolute Gasteiger partial charge is 0.0369 e. The molecule has 1 aromatic carbocycles. The molecule has 0 radical (unpaired) electrons. The Morgan fingerprint density at radius 2 is 1.95 bits per heavy atom. The van der Waals surface area contributed by atoms with E-state index >= 15 is 0 Å². The minimum Gasteiger partial charge on any atom is -0.367 e. The van der Waals surface area contributed by atoms with Crippen molar-refractivity contribution in [3.05, 3.63) is 29.8 Å². The Labute approximate surface area is 122 Å². The van der Waals surface area contributed by atoms with E-state index in [4.69, 9.17) is 0 Å². The van der Waals surface area contributed by atoms with Gasteiger partial charge in [-0.2, -0.15) is 11.8 Å². The van der Waals surface area contributed by atoms with Crippen molar-refractivity contribution in [2.75, 3.05) is 23.0 Å². The lowest BCUT2D eigenvalue weighted by Crippen LogP contribution is -2.40. The summed E-state index contributed by atoms with van der Waals surface area (Å²) >= 11 is 2.06. The maximum atomic E-state index is 3.53. The summed E-state index contributed by atoms with van der Waals surface area (Å²) in [6.45, 7) is 11.0. The summed E-state index contributed by atoms with van der Waals surface area (Å²) in [4.78, 5) is 2.53. The Morgan fingerprint density at radius 3 is 2.53 bits per heavy atom. The van der Waals surface area contributed by atoms with Gasteiger partial charge in [-0.15, -0.1) is 0 Å². The van der Waals surface area contributed by atoms with Crippen molar-refractivity contribution in [2.24, 2.45) is 0 Å². The van der Waals surface area contributed by atoms with Crippen LogP contribution < -0.4 is 10.2 Å². The van der Waals surface area contributed by atoms with Gasteiger partial charge in [-0.05, 0) is 45.4 Å². The van der Waals surface area contributed by atoms with Gasteiger partial charge in [0.15, 0.2) is 0 Å². The van der Waals surface area contributed by atoms with Gasteiger partial charge in [-0.1, -0.05) is 12.1 Å². The SMILES string of the molecule is CC1CSCCN1c1ccc(CNC(C)(C)C)cc1. The lowest BCUT2D eigenvalue weighted by atomic mass is 10.1. The molecule has 1 saturated heterocycles. The Hall–Kier alpha value is -0.670. The molecule has 1 atom stereocenters. The van der Waals surface area contributed by atoms with Crippen molar-refractivity contribution >= 4 is 17.4 Å². The van der Waals surface area contributed by atoms with Gasteiger partial charge in [0, 0.05) is 41.9 Å². The predicted octanol–water partition coefficient (Wildman–Crippen LogP) is 3.52. The summed E-state index contributed by atoms with van der Waals surface area (Å²) in [5.41, 5.74) is 2.90. The van der Waals surface area contributed by atoms with Gasteiger partial charge in [0.05, 0.1) is 0 Å². The molecule has 1 heterocycles. The number of thioether (sulfide) groups is 1. The molecule has 0 aliphatic carbocycles. The van der Waals surface area contributed by atoms with Crippen molar-refractivity contribution in [1.82, 2.24) is 5.32 Å². The van der Waals surface area contributed by atoms with Crippen LogP contribution in [0.4, 0.5) is 5.69 Å². The summed E-state index contributed by atoms with van der Waals surface area (Å²) < 4.78 is 0. The molecule has 3 heteroatoms. The van der Waals surface area contributed by atoms with Crippen LogP contribution in [0.1, 0.15) is 33.3 Å². The summed E-state index contributed by atoms with van der Waals surface area (Å²) in [5.74, 6) is 2.49. The van der Waals surface area contributed by atoms with E-state index in [2.05, 4.69) is 73.9 Å². The van der Waals surface area contributed by atoms with Crippen molar-refractivity contribution in [1.29, 1.82) is 0 Å². The van der Waals surface area contributed by atoms with Gasteiger partial charge >= 0.3 is 0 Å². The zero-order valence-electron chi connectivity index (χ0n) is 12.6. The predicted molar refractivity (Wildman–Crippen MR) is 87.2 cm³/mol. The molecule has 2 nitrogen and oxygen atoms in total. The maximum absolute atomic E-state index is 3.53. The normalized spacial score (nSPS) is 20.6. The van der Waals surface area contributed by atoms with Crippen LogP contribution in [0.2, 0.25) is 0 Å². The summed E-state index contributed by atoms with van der Waals surface area (Å²) in [6, 6.07) is 9.70. The monoisotopic (exact) mass is 278 g/mol. The van der Waals surface area contributed by atoms with Gasteiger partial charge in [0.1, 0.15) is 0 Å². The van der Waals surface area contributed by atoms with E-state index in [9.17, 15) is 0 Å². The van der Waals surface area contributed by atoms with E-state index in [1.807, 2.05) is 0 Å². The molecular weight excluding hydrogens is 252 g/mol. The van der Waals surface area contributed by atoms with E-state index in [1.54, 1.807) is 0 Å². The average Bonchev–Trinajstić information content (AvgIpc) is 2.37. The standard InChI is InChI=1S/C16H26N2S/c1-13-12-19-10-9-18(13)15-7-5-14(6-8-15)11-17-16(2,3)4/h5-8,13,17H,9-12H2,1-4H3.